The first-order valence-corrected chi connectivity index (χ1v) is 4.62. The SMILES string of the molecule is CC1=Cc2ccc(C)cc2C(O)C1. The van der Waals surface area contributed by atoms with Gasteiger partial charge in [-0.05, 0) is 31.4 Å². The van der Waals surface area contributed by atoms with Crippen LogP contribution in [0.15, 0.2) is 23.8 Å². The number of aliphatic hydroxyl groups excluding tert-OH is 1. The normalized spacial score (nSPS) is 20.8. The fraction of sp³-hybridized carbons (Fsp3) is 0.333. The summed E-state index contributed by atoms with van der Waals surface area (Å²) in [7, 11) is 0. The maximum atomic E-state index is 9.82. The van der Waals surface area contributed by atoms with Crippen molar-refractivity contribution in [1.29, 1.82) is 0 Å². The molecule has 1 heteroatoms. The molecule has 0 bridgehead atoms. The Morgan fingerprint density at radius 3 is 2.85 bits per heavy atom. The van der Waals surface area contributed by atoms with Crippen LogP contribution in [-0.4, -0.2) is 5.11 Å². The molecule has 0 saturated carbocycles. The summed E-state index contributed by atoms with van der Waals surface area (Å²) in [6, 6.07) is 6.24. The van der Waals surface area contributed by atoms with Gasteiger partial charge in [0.25, 0.3) is 0 Å². The van der Waals surface area contributed by atoms with Crippen molar-refractivity contribution in [1.82, 2.24) is 0 Å². The second-order valence-corrected chi connectivity index (χ2v) is 3.84. The van der Waals surface area contributed by atoms with Crippen molar-refractivity contribution >= 4 is 6.08 Å². The van der Waals surface area contributed by atoms with Crippen LogP contribution in [0.3, 0.4) is 0 Å². The molecule has 1 unspecified atom stereocenters. The van der Waals surface area contributed by atoms with Crippen molar-refractivity contribution in [2.75, 3.05) is 0 Å². The molecule has 68 valence electrons. The zero-order chi connectivity index (χ0) is 9.42. The van der Waals surface area contributed by atoms with Crippen LogP contribution >= 0.6 is 0 Å². The molecule has 0 spiro atoms. The van der Waals surface area contributed by atoms with Gasteiger partial charge in [0, 0.05) is 0 Å². The molecular weight excluding hydrogens is 160 g/mol. The Hall–Kier alpha value is -1.08. The maximum absolute atomic E-state index is 9.82. The van der Waals surface area contributed by atoms with E-state index >= 15 is 0 Å². The Kier molecular flexibility index (Phi) is 1.97. The first-order valence-electron chi connectivity index (χ1n) is 4.62. The minimum absolute atomic E-state index is 0.306. The summed E-state index contributed by atoms with van der Waals surface area (Å²) in [6.07, 6.45) is 2.62. The van der Waals surface area contributed by atoms with Crippen molar-refractivity contribution in [3.8, 4) is 0 Å². The van der Waals surface area contributed by atoms with Crippen LogP contribution in [0, 0.1) is 6.92 Å². The lowest BCUT2D eigenvalue weighted by Crippen LogP contribution is -2.05. The third kappa shape index (κ3) is 1.52. The van der Waals surface area contributed by atoms with Gasteiger partial charge in [0.1, 0.15) is 0 Å². The largest absolute Gasteiger partial charge is 0.388 e. The number of rotatable bonds is 0. The summed E-state index contributed by atoms with van der Waals surface area (Å²) in [5, 5.41) is 9.82. The predicted molar refractivity (Wildman–Crippen MR) is 54.4 cm³/mol. The van der Waals surface area contributed by atoms with Gasteiger partial charge >= 0.3 is 0 Å². The summed E-state index contributed by atoms with van der Waals surface area (Å²) in [5.41, 5.74) is 4.71. The lowest BCUT2D eigenvalue weighted by atomic mass is 9.89. The molecule has 1 nitrogen and oxygen atoms in total. The van der Waals surface area contributed by atoms with Crippen molar-refractivity contribution in [3.63, 3.8) is 0 Å². The van der Waals surface area contributed by atoms with E-state index in [4.69, 9.17) is 0 Å². The second-order valence-electron chi connectivity index (χ2n) is 3.84. The third-order valence-electron chi connectivity index (χ3n) is 2.52. The van der Waals surface area contributed by atoms with Crippen LogP contribution in [0.2, 0.25) is 0 Å². The topological polar surface area (TPSA) is 20.2 Å². The molecule has 1 aliphatic rings. The van der Waals surface area contributed by atoms with Gasteiger partial charge in [-0.2, -0.15) is 0 Å². The number of aryl methyl sites for hydroxylation is 1. The number of hydrogen-bond donors (Lipinski definition) is 1. The molecule has 2 rings (SSSR count). The summed E-state index contributed by atoms with van der Waals surface area (Å²) in [4.78, 5) is 0. The van der Waals surface area contributed by atoms with E-state index < -0.39 is 0 Å². The van der Waals surface area contributed by atoms with Crippen LogP contribution in [0.4, 0.5) is 0 Å². The summed E-state index contributed by atoms with van der Waals surface area (Å²) in [5.74, 6) is 0. The summed E-state index contributed by atoms with van der Waals surface area (Å²) in [6.45, 7) is 4.12. The van der Waals surface area contributed by atoms with Crippen molar-refractivity contribution < 1.29 is 5.11 Å². The van der Waals surface area contributed by atoms with Crippen LogP contribution in [-0.2, 0) is 0 Å². The van der Waals surface area contributed by atoms with Crippen molar-refractivity contribution in [3.05, 3.63) is 40.5 Å². The van der Waals surface area contributed by atoms with Gasteiger partial charge < -0.3 is 5.11 Å². The molecule has 0 amide bonds. The average molecular weight is 174 g/mol. The summed E-state index contributed by atoms with van der Waals surface area (Å²) >= 11 is 0. The third-order valence-corrected chi connectivity index (χ3v) is 2.52. The van der Waals surface area contributed by atoms with Crippen LogP contribution in [0.5, 0.6) is 0 Å². The zero-order valence-electron chi connectivity index (χ0n) is 8.04. The van der Waals surface area contributed by atoms with Crippen LogP contribution in [0.25, 0.3) is 6.08 Å². The fourth-order valence-electron chi connectivity index (χ4n) is 1.85. The quantitative estimate of drug-likeness (QED) is 0.641. The Labute approximate surface area is 78.7 Å². The van der Waals surface area contributed by atoms with E-state index in [0.717, 1.165) is 12.0 Å². The van der Waals surface area contributed by atoms with E-state index in [0.29, 0.717) is 0 Å². The molecule has 1 aliphatic carbocycles. The number of fused-ring (bicyclic) bond motifs is 1. The van der Waals surface area contributed by atoms with Crippen molar-refractivity contribution in [2.45, 2.75) is 26.4 Å². The van der Waals surface area contributed by atoms with Gasteiger partial charge in [0.2, 0.25) is 0 Å². The highest BCUT2D eigenvalue weighted by Gasteiger charge is 2.16. The van der Waals surface area contributed by atoms with Crippen LogP contribution in [0.1, 0.15) is 36.1 Å². The minimum Gasteiger partial charge on any atom is -0.388 e. The molecular formula is C12H14O. The lowest BCUT2D eigenvalue weighted by Gasteiger charge is -2.20. The fourth-order valence-corrected chi connectivity index (χ4v) is 1.85. The zero-order valence-corrected chi connectivity index (χ0v) is 8.04. The van der Waals surface area contributed by atoms with E-state index in [2.05, 4.69) is 38.1 Å². The second kappa shape index (κ2) is 3.00. The number of hydrogen-bond acceptors (Lipinski definition) is 1. The van der Waals surface area contributed by atoms with Gasteiger partial charge in [-0.25, -0.2) is 0 Å². The number of benzene rings is 1. The standard InChI is InChI=1S/C12H14O/c1-8-3-4-10-5-9(2)7-12(13)11(10)6-8/h3-6,12-13H,7H2,1-2H3. The maximum Gasteiger partial charge on any atom is 0.0833 e. The lowest BCUT2D eigenvalue weighted by molar-refractivity contribution is 0.176. The Morgan fingerprint density at radius 1 is 1.31 bits per heavy atom. The smallest absolute Gasteiger partial charge is 0.0833 e. The van der Waals surface area contributed by atoms with Gasteiger partial charge in [-0.15, -0.1) is 0 Å². The highest BCUT2D eigenvalue weighted by atomic mass is 16.3. The first kappa shape index (κ1) is 8.52. The van der Waals surface area contributed by atoms with Gasteiger partial charge in [-0.3, -0.25) is 0 Å². The molecule has 0 heterocycles. The molecule has 1 atom stereocenters. The molecule has 0 saturated heterocycles. The molecule has 1 N–H and O–H groups in total. The van der Waals surface area contributed by atoms with Crippen LogP contribution < -0.4 is 0 Å². The van der Waals surface area contributed by atoms with Gasteiger partial charge in [0.05, 0.1) is 6.10 Å². The number of aliphatic hydroxyl groups is 1. The molecule has 0 radical (unpaired) electrons. The first-order chi connectivity index (χ1) is 6.16. The highest BCUT2D eigenvalue weighted by molar-refractivity contribution is 5.60. The Morgan fingerprint density at radius 2 is 2.08 bits per heavy atom. The van der Waals surface area contributed by atoms with E-state index in [-0.39, 0.29) is 6.10 Å². The molecule has 1 aromatic carbocycles. The Bertz CT molecular complexity index is 363. The molecule has 0 aromatic heterocycles. The van der Waals surface area contributed by atoms with Gasteiger partial charge in [0.15, 0.2) is 0 Å². The van der Waals surface area contributed by atoms with E-state index in [1.54, 1.807) is 0 Å². The highest BCUT2D eigenvalue weighted by Crippen LogP contribution is 2.31. The molecule has 0 fully saturated rings. The van der Waals surface area contributed by atoms with Crippen molar-refractivity contribution in [2.24, 2.45) is 0 Å². The average Bonchev–Trinajstić information content (AvgIpc) is 2.06. The molecule has 13 heavy (non-hydrogen) atoms. The van der Waals surface area contributed by atoms with E-state index in [9.17, 15) is 5.11 Å². The van der Waals surface area contributed by atoms with Gasteiger partial charge in [-0.1, -0.05) is 35.4 Å². The minimum atomic E-state index is -0.306. The van der Waals surface area contributed by atoms with E-state index in [1.165, 1.54) is 16.7 Å². The monoisotopic (exact) mass is 174 g/mol. The molecule has 1 aromatic rings. The molecule has 0 aliphatic heterocycles. The predicted octanol–water partition coefficient (Wildman–Crippen LogP) is 2.84. The summed E-state index contributed by atoms with van der Waals surface area (Å²) < 4.78 is 0. The van der Waals surface area contributed by atoms with E-state index in [1.807, 2.05) is 0 Å². The Balaban J connectivity index is 2.56.